The van der Waals surface area contributed by atoms with Crippen LogP contribution in [-0.4, -0.2) is 33.0 Å². The van der Waals surface area contributed by atoms with Gasteiger partial charge < -0.3 is 14.6 Å². The number of benzene rings is 2. The predicted octanol–water partition coefficient (Wildman–Crippen LogP) is 4.61. The molecule has 29 heavy (non-hydrogen) atoms. The maximum Gasteiger partial charge on any atom is 0.387 e. The van der Waals surface area contributed by atoms with Gasteiger partial charge in [-0.15, -0.1) is 10.2 Å². The lowest BCUT2D eigenvalue weighted by Crippen LogP contribution is -2.14. The number of aromatic nitrogens is 3. The average Bonchev–Trinajstić information content (AvgIpc) is 3.10. The van der Waals surface area contributed by atoms with Gasteiger partial charge in [-0.3, -0.25) is 4.79 Å². The van der Waals surface area contributed by atoms with Gasteiger partial charge >= 0.3 is 6.61 Å². The van der Waals surface area contributed by atoms with Crippen molar-refractivity contribution in [3.63, 3.8) is 0 Å². The number of anilines is 1. The summed E-state index contributed by atoms with van der Waals surface area (Å²) in [6.45, 7) is 1.80. The number of aryl methyl sites for hydroxylation is 1. The number of nitrogens with zero attached hydrogens (tertiary/aromatic N) is 3. The number of halogens is 2. The average molecular weight is 418 g/mol. The monoisotopic (exact) mass is 418 g/mol. The van der Waals surface area contributed by atoms with E-state index in [1.165, 1.54) is 36.0 Å². The van der Waals surface area contributed by atoms with Crippen molar-refractivity contribution in [2.45, 2.75) is 32.2 Å². The van der Waals surface area contributed by atoms with Crippen molar-refractivity contribution in [1.29, 1.82) is 0 Å². The smallest absolute Gasteiger partial charge is 0.387 e. The largest absolute Gasteiger partial charge is 0.435 e. The Labute approximate surface area is 171 Å². The minimum atomic E-state index is -2.88. The molecule has 0 unspecified atom stereocenters. The van der Waals surface area contributed by atoms with Crippen LogP contribution in [0.15, 0.2) is 53.7 Å². The zero-order valence-corrected chi connectivity index (χ0v) is 16.7. The molecule has 0 aliphatic rings. The molecule has 0 spiro atoms. The molecular formula is C20H20F2N4O2S. The summed E-state index contributed by atoms with van der Waals surface area (Å²) in [5.41, 5.74) is 2.60. The molecule has 6 nitrogen and oxygen atoms in total. The molecule has 1 amide bonds. The minimum absolute atomic E-state index is 0.0344. The lowest BCUT2D eigenvalue weighted by atomic mass is 10.1. The summed E-state index contributed by atoms with van der Waals surface area (Å²) in [5.74, 6) is 0.697. The third kappa shape index (κ3) is 5.54. The molecule has 0 aliphatic heterocycles. The van der Waals surface area contributed by atoms with Crippen LogP contribution in [0.3, 0.4) is 0 Å². The predicted molar refractivity (Wildman–Crippen MR) is 108 cm³/mol. The summed E-state index contributed by atoms with van der Waals surface area (Å²) in [6.07, 6.45) is 0. The van der Waals surface area contributed by atoms with E-state index in [0.29, 0.717) is 17.4 Å². The number of rotatable bonds is 8. The summed E-state index contributed by atoms with van der Waals surface area (Å²) in [7, 11) is 0. The Balaban J connectivity index is 1.62. The highest BCUT2D eigenvalue weighted by molar-refractivity contribution is 7.99. The van der Waals surface area contributed by atoms with Crippen molar-refractivity contribution in [2.24, 2.45) is 0 Å². The van der Waals surface area contributed by atoms with Gasteiger partial charge in [0, 0.05) is 17.8 Å². The number of hydrogen-bond acceptors (Lipinski definition) is 5. The van der Waals surface area contributed by atoms with Gasteiger partial charge in [-0.25, -0.2) is 0 Å². The fourth-order valence-electron chi connectivity index (χ4n) is 2.73. The molecule has 0 atom stereocenters. The van der Waals surface area contributed by atoms with E-state index in [4.69, 9.17) is 0 Å². The second-order valence-corrected chi connectivity index (χ2v) is 7.10. The van der Waals surface area contributed by atoms with Gasteiger partial charge in [0.25, 0.3) is 0 Å². The summed E-state index contributed by atoms with van der Waals surface area (Å²) in [5, 5.41) is 11.9. The van der Waals surface area contributed by atoms with Crippen molar-refractivity contribution in [3.05, 3.63) is 54.1 Å². The van der Waals surface area contributed by atoms with Crippen LogP contribution >= 0.6 is 11.8 Å². The number of ether oxygens (including phenoxy) is 1. The molecule has 0 fully saturated rings. The van der Waals surface area contributed by atoms with Crippen molar-refractivity contribution < 1.29 is 18.3 Å². The molecule has 9 heteroatoms. The van der Waals surface area contributed by atoms with E-state index in [-0.39, 0.29) is 17.4 Å². The second kappa shape index (κ2) is 9.51. The van der Waals surface area contributed by atoms with Crippen LogP contribution in [0, 0.1) is 6.92 Å². The molecule has 0 aliphatic carbocycles. The van der Waals surface area contributed by atoms with Crippen LogP contribution in [0.5, 0.6) is 5.75 Å². The van der Waals surface area contributed by atoms with Crippen LogP contribution in [0.25, 0.3) is 11.4 Å². The van der Waals surface area contributed by atoms with Crippen molar-refractivity contribution in [2.75, 3.05) is 11.1 Å². The first-order valence-corrected chi connectivity index (χ1v) is 9.92. The van der Waals surface area contributed by atoms with Crippen LogP contribution < -0.4 is 10.1 Å². The molecule has 0 saturated carbocycles. The number of amides is 1. The summed E-state index contributed by atoms with van der Waals surface area (Å²) >= 11 is 1.28. The van der Waals surface area contributed by atoms with Gasteiger partial charge in [0.05, 0.1) is 5.75 Å². The van der Waals surface area contributed by atoms with E-state index in [0.717, 1.165) is 17.0 Å². The van der Waals surface area contributed by atoms with Crippen molar-refractivity contribution in [1.82, 2.24) is 14.8 Å². The number of thioether (sulfide) groups is 1. The van der Waals surface area contributed by atoms with Gasteiger partial charge in [0.2, 0.25) is 5.91 Å². The van der Waals surface area contributed by atoms with Gasteiger partial charge in [-0.2, -0.15) is 8.78 Å². The third-order valence-electron chi connectivity index (χ3n) is 4.00. The van der Waals surface area contributed by atoms with Crippen molar-refractivity contribution >= 4 is 23.4 Å². The number of carbonyl (C=O) groups excluding carboxylic acids is 1. The highest BCUT2D eigenvalue weighted by Crippen LogP contribution is 2.25. The number of carbonyl (C=O) groups is 1. The molecule has 1 heterocycles. The molecule has 0 saturated heterocycles. The Morgan fingerprint density at radius 2 is 1.97 bits per heavy atom. The molecule has 152 valence electrons. The van der Waals surface area contributed by atoms with Gasteiger partial charge in [-0.05, 0) is 44.2 Å². The SMILES string of the molecule is CCn1c(SCC(=O)Nc2ccc(OC(F)F)cc2)nnc1-c1cccc(C)c1. The Morgan fingerprint density at radius 1 is 1.21 bits per heavy atom. The lowest BCUT2D eigenvalue weighted by Gasteiger charge is -2.09. The number of alkyl halides is 2. The van der Waals surface area contributed by atoms with E-state index >= 15 is 0 Å². The molecule has 0 bridgehead atoms. The number of hydrogen-bond donors (Lipinski definition) is 1. The fraction of sp³-hybridized carbons (Fsp3) is 0.250. The first kappa shape index (κ1) is 20.8. The van der Waals surface area contributed by atoms with Gasteiger partial charge in [0.15, 0.2) is 11.0 Å². The maximum absolute atomic E-state index is 12.2. The van der Waals surface area contributed by atoms with E-state index in [9.17, 15) is 13.6 Å². The van der Waals surface area contributed by atoms with Gasteiger partial charge in [-0.1, -0.05) is 35.5 Å². The van der Waals surface area contributed by atoms with Crippen LogP contribution in [-0.2, 0) is 11.3 Å². The quantitative estimate of drug-likeness (QED) is 0.541. The van der Waals surface area contributed by atoms with E-state index in [1.807, 2.05) is 42.7 Å². The summed E-state index contributed by atoms with van der Waals surface area (Å²) in [4.78, 5) is 12.2. The first-order chi connectivity index (χ1) is 14.0. The molecule has 3 aromatic rings. The Hall–Kier alpha value is -2.94. The Bertz CT molecular complexity index is 977. The zero-order chi connectivity index (χ0) is 20.8. The lowest BCUT2D eigenvalue weighted by molar-refractivity contribution is -0.113. The fourth-order valence-corrected chi connectivity index (χ4v) is 3.53. The maximum atomic E-state index is 12.2. The van der Waals surface area contributed by atoms with Crippen LogP contribution in [0.4, 0.5) is 14.5 Å². The third-order valence-corrected chi connectivity index (χ3v) is 4.97. The summed E-state index contributed by atoms with van der Waals surface area (Å²) < 4.78 is 30.6. The van der Waals surface area contributed by atoms with Crippen LogP contribution in [0.2, 0.25) is 0 Å². The number of nitrogens with one attached hydrogen (secondary N) is 1. The topological polar surface area (TPSA) is 69.0 Å². The van der Waals surface area contributed by atoms with E-state index in [1.54, 1.807) is 0 Å². The van der Waals surface area contributed by atoms with E-state index < -0.39 is 6.61 Å². The summed E-state index contributed by atoms with van der Waals surface area (Å²) in [6, 6.07) is 13.8. The highest BCUT2D eigenvalue weighted by Gasteiger charge is 2.15. The molecule has 1 aromatic heterocycles. The normalized spacial score (nSPS) is 10.9. The first-order valence-electron chi connectivity index (χ1n) is 8.94. The minimum Gasteiger partial charge on any atom is -0.435 e. The Morgan fingerprint density at radius 3 is 2.62 bits per heavy atom. The van der Waals surface area contributed by atoms with Crippen LogP contribution in [0.1, 0.15) is 12.5 Å². The second-order valence-electron chi connectivity index (χ2n) is 6.16. The molecule has 2 aromatic carbocycles. The van der Waals surface area contributed by atoms with E-state index in [2.05, 4.69) is 20.3 Å². The molecular weight excluding hydrogens is 398 g/mol. The van der Waals surface area contributed by atoms with Gasteiger partial charge in [0.1, 0.15) is 5.75 Å². The molecule has 3 rings (SSSR count). The zero-order valence-electron chi connectivity index (χ0n) is 15.9. The Kier molecular flexibility index (Phi) is 6.82. The molecule has 0 radical (unpaired) electrons. The van der Waals surface area contributed by atoms with Crippen molar-refractivity contribution in [3.8, 4) is 17.1 Å². The molecule has 1 N–H and O–H groups in total. The highest BCUT2D eigenvalue weighted by atomic mass is 32.2. The standard InChI is InChI=1S/C20H20F2N4O2S/c1-3-26-18(14-6-4-5-13(2)11-14)24-25-20(26)29-12-17(27)23-15-7-9-16(10-8-15)28-19(21)22/h4-11,19H,3,12H2,1-2H3,(H,23,27).